The van der Waals surface area contributed by atoms with Crippen molar-refractivity contribution in [3.63, 3.8) is 0 Å². The molecule has 0 aliphatic carbocycles. The van der Waals surface area contributed by atoms with E-state index in [4.69, 9.17) is 8.94 Å². The highest BCUT2D eigenvalue weighted by molar-refractivity contribution is 9.10. The fourth-order valence-corrected chi connectivity index (χ4v) is 1.88. The van der Waals surface area contributed by atoms with Gasteiger partial charge in [0.1, 0.15) is 17.7 Å². The lowest BCUT2D eigenvalue weighted by Gasteiger charge is -1.90. The molecule has 0 atom stereocenters. The number of rotatable bonds is 1. The Balaban J connectivity index is 2.34. The van der Waals surface area contributed by atoms with Crippen molar-refractivity contribution in [1.29, 1.82) is 0 Å². The summed E-state index contributed by atoms with van der Waals surface area (Å²) >= 11 is 3.40. The molecule has 3 aromatic rings. The van der Waals surface area contributed by atoms with Crippen molar-refractivity contribution in [1.82, 2.24) is 10.1 Å². The second kappa shape index (κ2) is 3.20. The number of halogens is 1. The van der Waals surface area contributed by atoms with Crippen LogP contribution in [-0.4, -0.2) is 10.1 Å². The summed E-state index contributed by atoms with van der Waals surface area (Å²) in [5.74, 6) is 0. The fourth-order valence-electron chi connectivity index (χ4n) is 1.44. The number of hydrogen-bond acceptors (Lipinski definition) is 4. The third kappa shape index (κ3) is 1.27. The maximum Gasteiger partial charge on any atom is 0.181 e. The van der Waals surface area contributed by atoms with Gasteiger partial charge in [-0.1, -0.05) is 11.2 Å². The quantitative estimate of drug-likeness (QED) is 0.677. The monoisotopic (exact) mass is 264 g/mol. The Labute approximate surface area is 93.0 Å². The van der Waals surface area contributed by atoms with Crippen LogP contribution in [0, 0.1) is 0 Å². The highest BCUT2D eigenvalue weighted by atomic mass is 79.9. The Bertz CT molecular complexity index is 601. The van der Waals surface area contributed by atoms with Crippen LogP contribution in [0.5, 0.6) is 0 Å². The molecule has 0 amide bonds. The second-order valence-corrected chi connectivity index (χ2v) is 3.88. The topological polar surface area (TPSA) is 52.1 Å². The summed E-state index contributed by atoms with van der Waals surface area (Å²) in [6, 6.07) is 5.76. The average Bonchev–Trinajstić information content (AvgIpc) is 2.85. The molecule has 0 aliphatic rings. The van der Waals surface area contributed by atoms with E-state index < -0.39 is 0 Å². The van der Waals surface area contributed by atoms with E-state index in [1.54, 1.807) is 0 Å². The molecular formula is C10H5BrN2O2. The summed E-state index contributed by atoms with van der Waals surface area (Å²) < 4.78 is 11.0. The maximum absolute atomic E-state index is 5.23. The van der Waals surface area contributed by atoms with Crippen LogP contribution >= 0.6 is 15.9 Å². The number of benzene rings is 1. The molecule has 2 aromatic heterocycles. The molecule has 0 fully saturated rings. The number of aromatic nitrogens is 2. The van der Waals surface area contributed by atoms with Gasteiger partial charge >= 0.3 is 0 Å². The molecule has 0 aliphatic heterocycles. The predicted octanol–water partition coefficient (Wildman–Crippen LogP) is 3.25. The van der Waals surface area contributed by atoms with E-state index >= 15 is 0 Å². The first-order valence-corrected chi connectivity index (χ1v) is 5.08. The average molecular weight is 265 g/mol. The van der Waals surface area contributed by atoms with E-state index in [0.717, 1.165) is 15.4 Å². The molecule has 2 heterocycles. The molecule has 0 saturated carbocycles. The minimum absolute atomic E-state index is 0.673. The van der Waals surface area contributed by atoms with Crippen molar-refractivity contribution in [2.24, 2.45) is 0 Å². The Morgan fingerprint density at radius 2 is 2.20 bits per heavy atom. The molecule has 0 unspecified atom stereocenters. The van der Waals surface area contributed by atoms with Crippen molar-refractivity contribution in [2.75, 3.05) is 0 Å². The third-order valence-corrected chi connectivity index (χ3v) is 2.75. The van der Waals surface area contributed by atoms with Crippen LogP contribution in [0.25, 0.3) is 22.4 Å². The number of hydrogen-bond donors (Lipinski definition) is 0. The van der Waals surface area contributed by atoms with E-state index in [0.29, 0.717) is 11.4 Å². The van der Waals surface area contributed by atoms with E-state index in [1.807, 2.05) is 18.2 Å². The second-order valence-electron chi connectivity index (χ2n) is 3.02. The molecular weight excluding hydrogens is 260 g/mol. The van der Waals surface area contributed by atoms with Crippen LogP contribution in [-0.2, 0) is 0 Å². The summed E-state index contributed by atoms with van der Waals surface area (Å²) in [6.45, 7) is 0. The first-order chi connectivity index (χ1) is 7.36. The lowest BCUT2D eigenvalue weighted by molar-refractivity contribution is 0.458. The van der Waals surface area contributed by atoms with Gasteiger partial charge in [-0.05, 0) is 28.1 Å². The fraction of sp³-hybridized carbons (Fsp3) is 0. The number of para-hydroxylation sites is 1. The molecule has 0 bridgehead atoms. The molecule has 0 radical (unpaired) electrons. The van der Waals surface area contributed by atoms with Gasteiger partial charge in [-0.2, -0.15) is 0 Å². The summed E-state index contributed by atoms with van der Waals surface area (Å²) in [5, 5.41) is 4.89. The van der Waals surface area contributed by atoms with Crippen molar-refractivity contribution in [2.45, 2.75) is 0 Å². The van der Waals surface area contributed by atoms with Crippen LogP contribution in [0.4, 0.5) is 0 Å². The van der Waals surface area contributed by atoms with Gasteiger partial charge in [-0.3, -0.25) is 0 Å². The lowest BCUT2D eigenvalue weighted by Crippen LogP contribution is -1.76. The highest BCUT2D eigenvalue weighted by Gasteiger charge is 2.13. The molecule has 0 saturated heterocycles. The summed E-state index contributed by atoms with van der Waals surface area (Å²) in [6.07, 6.45) is 2.91. The molecule has 3 rings (SSSR count). The van der Waals surface area contributed by atoms with Crippen molar-refractivity contribution >= 4 is 26.9 Å². The van der Waals surface area contributed by atoms with E-state index in [1.165, 1.54) is 12.7 Å². The zero-order chi connectivity index (χ0) is 10.3. The zero-order valence-corrected chi connectivity index (χ0v) is 9.06. The first kappa shape index (κ1) is 8.67. The molecule has 74 valence electrons. The first-order valence-electron chi connectivity index (χ1n) is 4.29. The largest absolute Gasteiger partial charge is 0.451 e. The van der Waals surface area contributed by atoms with Crippen molar-refractivity contribution < 1.29 is 8.94 Å². The lowest BCUT2D eigenvalue weighted by atomic mass is 10.2. The van der Waals surface area contributed by atoms with Crippen molar-refractivity contribution in [3.05, 3.63) is 35.3 Å². The van der Waals surface area contributed by atoms with Gasteiger partial charge in [0.05, 0.1) is 9.86 Å². The molecule has 0 spiro atoms. The SMILES string of the molecule is Brc1cccc2c(-c3cocn3)noc12. The summed E-state index contributed by atoms with van der Waals surface area (Å²) in [7, 11) is 0. The third-order valence-electron chi connectivity index (χ3n) is 2.13. The van der Waals surface area contributed by atoms with Gasteiger partial charge in [-0.15, -0.1) is 0 Å². The zero-order valence-electron chi connectivity index (χ0n) is 7.48. The number of nitrogens with zero attached hydrogens (tertiary/aromatic N) is 2. The summed E-state index contributed by atoms with van der Waals surface area (Å²) in [5.41, 5.74) is 2.09. The van der Waals surface area contributed by atoms with Crippen LogP contribution in [0.3, 0.4) is 0 Å². The number of oxazole rings is 1. The summed E-state index contributed by atoms with van der Waals surface area (Å²) in [4.78, 5) is 4.03. The Morgan fingerprint density at radius 3 is 3.00 bits per heavy atom. The molecule has 4 nitrogen and oxygen atoms in total. The standard InChI is InChI=1S/C10H5BrN2O2/c11-7-3-1-2-6-9(13-15-10(6)7)8-4-14-5-12-8/h1-5H. The Hall–Kier alpha value is -1.62. The minimum Gasteiger partial charge on any atom is -0.451 e. The van der Waals surface area contributed by atoms with Gasteiger partial charge in [0.2, 0.25) is 0 Å². The Kier molecular flexibility index (Phi) is 1.85. The van der Waals surface area contributed by atoms with Gasteiger partial charge in [-0.25, -0.2) is 4.98 Å². The van der Waals surface area contributed by atoms with Gasteiger partial charge < -0.3 is 8.94 Å². The van der Waals surface area contributed by atoms with Crippen LogP contribution in [0.15, 0.2) is 44.3 Å². The molecule has 5 heteroatoms. The van der Waals surface area contributed by atoms with E-state index in [-0.39, 0.29) is 0 Å². The molecule has 1 aromatic carbocycles. The highest BCUT2D eigenvalue weighted by Crippen LogP contribution is 2.30. The smallest absolute Gasteiger partial charge is 0.181 e. The van der Waals surface area contributed by atoms with Crippen LogP contribution in [0.1, 0.15) is 0 Å². The van der Waals surface area contributed by atoms with E-state index in [2.05, 4.69) is 26.1 Å². The van der Waals surface area contributed by atoms with Crippen molar-refractivity contribution in [3.8, 4) is 11.4 Å². The van der Waals surface area contributed by atoms with Gasteiger partial charge in [0.25, 0.3) is 0 Å². The Morgan fingerprint density at radius 1 is 1.27 bits per heavy atom. The predicted molar refractivity (Wildman–Crippen MR) is 57.2 cm³/mol. The van der Waals surface area contributed by atoms with Crippen LogP contribution < -0.4 is 0 Å². The maximum atomic E-state index is 5.23. The minimum atomic E-state index is 0.673. The molecule has 0 N–H and O–H groups in total. The molecule has 15 heavy (non-hydrogen) atoms. The van der Waals surface area contributed by atoms with E-state index in [9.17, 15) is 0 Å². The van der Waals surface area contributed by atoms with Gasteiger partial charge in [0, 0.05) is 0 Å². The van der Waals surface area contributed by atoms with Gasteiger partial charge in [0.15, 0.2) is 12.0 Å². The number of fused-ring (bicyclic) bond motifs is 1. The van der Waals surface area contributed by atoms with Crippen LogP contribution in [0.2, 0.25) is 0 Å². The normalized spacial score (nSPS) is 11.0.